The van der Waals surface area contributed by atoms with Crippen molar-refractivity contribution in [2.24, 2.45) is 0 Å². The van der Waals surface area contributed by atoms with E-state index >= 15 is 0 Å². The lowest BCUT2D eigenvalue weighted by atomic mass is 9.90. The smallest absolute Gasteiger partial charge is 0.259 e. The summed E-state index contributed by atoms with van der Waals surface area (Å²) in [6.45, 7) is 4.13. The number of rotatable bonds is 5. The Balaban J connectivity index is 1.47. The number of benzene rings is 1. The van der Waals surface area contributed by atoms with Crippen molar-refractivity contribution < 1.29 is 23.2 Å². The number of aromatic nitrogens is 2. The highest BCUT2D eigenvalue weighted by molar-refractivity contribution is 5.94. The Hall–Kier alpha value is -2.32. The lowest BCUT2D eigenvalue weighted by Gasteiger charge is -2.39. The van der Waals surface area contributed by atoms with Gasteiger partial charge in [-0.2, -0.15) is 4.98 Å². The van der Waals surface area contributed by atoms with Gasteiger partial charge in [0.1, 0.15) is 17.5 Å². The van der Waals surface area contributed by atoms with E-state index in [1.807, 2.05) is 6.92 Å². The minimum atomic E-state index is -0.696. The van der Waals surface area contributed by atoms with E-state index in [1.165, 1.54) is 24.3 Å². The molecule has 2 saturated heterocycles. The molecule has 7 nitrogen and oxygen atoms in total. The van der Waals surface area contributed by atoms with E-state index in [1.54, 1.807) is 4.90 Å². The van der Waals surface area contributed by atoms with Crippen molar-refractivity contribution in [3.05, 3.63) is 47.4 Å². The molecule has 150 valence electrons. The van der Waals surface area contributed by atoms with Crippen molar-refractivity contribution in [3.8, 4) is 0 Å². The summed E-state index contributed by atoms with van der Waals surface area (Å²) in [5, 5.41) is 4.10. The monoisotopic (exact) mass is 389 g/mol. The van der Waals surface area contributed by atoms with E-state index in [-0.39, 0.29) is 17.8 Å². The molecule has 1 aromatic carbocycles. The third-order valence-electron chi connectivity index (χ3n) is 5.42. The number of carbonyl (C=O) groups excluding carboxylic acids is 1. The van der Waals surface area contributed by atoms with E-state index in [4.69, 9.17) is 14.0 Å². The molecule has 28 heavy (non-hydrogen) atoms. The van der Waals surface area contributed by atoms with Gasteiger partial charge in [-0.1, -0.05) is 5.16 Å². The maximum atomic E-state index is 13.1. The average Bonchev–Trinajstić information content (AvgIpc) is 3.41. The van der Waals surface area contributed by atoms with Crippen LogP contribution in [0.5, 0.6) is 0 Å². The van der Waals surface area contributed by atoms with E-state index in [9.17, 15) is 9.18 Å². The summed E-state index contributed by atoms with van der Waals surface area (Å²) >= 11 is 0. The van der Waals surface area contributed by atoms with Crippen LogP contribution in [0.3, 0.4) is 0 Å². The topological polar surface area (TPSA) is 77.7 Å². The molecule has 2 fully saturated rings. The Morgan fingerprint density at radius 2 is 2.07 bits per heavy atom. The van der Waals surface area contributed by atoms with E-state index in [2.05, 4.69) is 10.1 Å². The van der Waals surface area contributed by atoms with Crippen molar-refractivity contribution in [1.29, 1.82) is 0 Å². The van der Waals surface area contributed by atoms with Crippen LogP contribution in [-0.2, 0) is 15.1 Å². The molecule has 1 amide bonds. The molecule has 0 unspecified atom stereocenters. The highest BCUT2D eigenvalue weighted by atomic mass is 19.1. The number of ether oxygens (including phenoxy) is 2. The number of likely N-dealkylation sites (tertiary alicyclic amines) is 1. The molecular weight excluding hydrogens is 365 g/mol. The summed E-state index contributed by atoms with van der Waals surface area (Å²) in [4.78, 5) is 19.0. The number of amides is 1. The van der Waals surface area contributed by atoms with Gasteiger partial charge in [-0.15, -0.1) is 0 Å². The molecule has 0 radical (unpaired) electrons. The van der Waals surface area contributed by atoms with Crippen LogP contribution in [0.25, 0.3) is 0 Å². The second-order valence-corrected chi connectivity index (χ2v) is 7.19. The van der Waals surface area contributed by atoms with Crippen LogP contribution in [0, 0.1) is 5.82 Å². The van der Waals surface area contributed by atoms with Crippen LogP contribution < -0.4 is 0 Å². The highest BCUT2D eigenvalue weighted by Gasteiger charge is 2.43. The molecule has 2 aliphatic heterocycles. The molecule has 8 heteroatoms. The summed E-state index contributed by atoms with van der Waals surface area (Å²) < 4.78 is 30.4. The van der Waals surface area contributed by atoms with Gasteiger partial charge in [0.05, 0.1) is 0 Å². The molecular formula is C20H24FN3O4. The zero-order valence-electron chi connectivity index (χ0n) is 15.9. The number of carbonyl (C=O) groups is 1. The SMILES string of the molecule is CCOC1(c2nc([C@H]3CCCO3)no2)CCN(C(=O)c2ccc(F)cc2)CC1. The molecule has 2 aromatic rings. The Kier molecular flexibility index (Phi) is 5.41. The normalized spacial score (nSPS) is 21.8. The molecule has 1 aromatic heterocycles. The molecule has 0 bridgehead atoms. The van der Waals surface area contributed by atoms with Gasteiger partial charge in [0, 0.05) is 44.7 Å². The van der Waals surface area contributed by atoms with Crippen LogP contribution >= 0.6 is 0 Å². The third kappa shape index (κ3) is 3.66. The Bertz CT molecular complexity index is 809. The van der Waals surface area contributed by atoms with Crippen molar-refractivity contribution in [3.63, 3.8) is 0 Å². The third-order valence-corrected chi connectivity index (χ3v) is 5.42. The summed E-state index contributed by atoms with van der Waals surface area (Å²) in [5.41, 5.74) is -0.221. The first kappa shape index (κ1) is 19.0. The fourth-order valence-corrected chi connectivity index (χ4v) is 3.87. The Morgan fingerprint density at radius 3 is 2.71 bits per heavy atom. The average molecular weight is 389 g/mol. The first-order chi connectivity index (χ1) is 13.6. The van der Waals surface area contributed by atoms with Gasteiger partial charge in [-0.25, -0.2) is 4.39 Å². The van der Waals surface area contributed by atoms with Crippen LogP contribution in [0.4, 0.5) is 4.39 Å². The fraction of sp³-hybridized carbons (Fsp3) is 0.550. The van der Waals surface area contributed by atoms with Gasteiger partial charge in [0.15, 0.2) is 0 Å². The summed E-state index contributed by atoms with van der Waals surface area (Å²) in [6, 6.07) is 5.61. The molecule has 4 rings (SSSR count). The Morgan fingerprint density at radius 1 is 1.32 bits per heavy atom. The zero-order valence-corrected chi connectivity index (χ0v) is 15.9. The van der Waals surface area contributed by atoms with Crippen LogP contribution in [0.1, 0.15) is 60.8 Å². The molecule has 3 heterocycles. The molecule has 0 saturated carbocycles. The molecule has 0 aliphatic carbocycles. The quantitative estimate of drug-likeness (QED) is 0.781. The minimum absolute atomic E-state index is 0.115. The van der Waals surface area contributed by atoms with Crippen molar-refractivity contribution >= 4 is 5.91 Å². The lowest BCUT2D eigenvalue weighted by molar-refractivity contribution is -0.0990. The zero-order chi connectivity index (χ0) is 19.6. The van der Waals surface area contributed by atoms with Gasteiger partial charge in [-0.3, -0.25) is 4.79 Å². The van der Waals surface area contributed by atoms with Gasteiger partial charge >= 0.3 is 0 Å². The summed E-state index contributed by atoms with van der Waals surface area (Å²) in [5.74, 6) is 0.546. The Labute approximate surface area is 162 Å². The van der Waals surface area contributed by atoms with Gasteiger partial charge in [0.25, 0.3) is 11.8 Å². The second kappa shape index (κ2) is 7.97. The highest BCUT2D eigenvalue weighted by Crippen LogP contribution is 2.37. The second-order valence-electron chi connectivity index (χ2n) is 7.19. The standard InChI is InChI=1S/C20H24FN3O4/c1-2-27-20(19-22-17(23-28-19)16-4-3-13-26-16)9-11-24(12-10-20)18(25)14-5-7-15(21)8-6-14/h5-8,16H,2-4,9-13H2,1H3/t16-/m1/s1. The van der Waals surface area contributed by atoms with Crippen LogP contribution in [-0.4, -0.2) is 47.3 Å². The van der Waals surface area contributed by atoms with E-state index in [0.717, 1.165) is 12.8 Å². The van der Waals surface area contributed by atoms with Gasteiger partial charge in [-0.05, 0) is 44.0 Å². The number of nitrogens with zero attached hydrogens (tertiary/aromatic N) is 3. The lowest BCUT2D eigenvalue weighted by Crippen LogP contribution is -2.46. The van der Waals surface area contributed by atoms with E-state index in [0.29, 0.717) is 56.4 Å². The largest absolute Gasteiger partial charge is 0.370 e. The van der Waals surface area contributed by atoms with E-state index < -0.39 is 5.60 Å². The first-order valence-corrected chi connectivity index (χ1v) is 9.76. The van der Waals surface area contributed by atoms with Gasteiger partial charge in [0.2, 0.25) is 5.82 Å². The number of hydrogen-bond acceptors (Lipinski definition) is 6. The molecule has 0 N–H and O–H groups in total. The number of halogens is 1. The van der Waals surface area contributed by atoms with Crippen molar-refractivity contribution in [2.75, 3.05) is 26.3 Å². The maximum absolute atomic E-state index is 13.1. The molecule has 0 spiro atoms. The van der Waals surface area contributed by atoms with Crippen molar-refractivity contribution in [2.45, 2.75) is 44.3 Å². The van der Waals surface area contributed by atoms with Crippen LogP contribution in [0.15, 0.2) is 28.8 Å². The van der Waals surface area contributed by atoms with Gasteiger partial charge < -0.3 is 18.9 Å². The predicted octanol–water partition coefficient (Wildman–Crippen LogP) is 3.23. The predicted molar refractivity (Wildman–Crippen MR) is 97.1 cm³/mol. The number of hydrogen-bond donors (Lipinski definition) is 0. The minimum Gasteiger partial charge on any atom is -0.370 e. The fourth-order valence-electron chi connectivity index (χ4n) is 3.87. The molecule has 2 aliphatic rings. The van der Waals surface area contributed by atoms with Crippen LogP contribution in [0.2, 0.25) is 0 Å². The first-order valence-electron chi connectivity index (χ1n) is 9.76. The summed E-state index contributed by atoms with van der Waals surface area (Å²) in [7, 11) is 0. The maximum Gasteiger partial charge on any atom is 0.259 e. The number of piperidine rings is 1. The summed E-state index contributed by atoms with van der Waals surface area (Å²) in [6.07, 6.45) is 2.88. The molecule has 1 atom stereocenters. The van der Waals surface area contributed by atoms with Crippen molar-refractivity contribution in [1.82, 2.24) is 15.0 Å².